The highest BCUT2D eigenvalue weighted by molar-refractivity contribution is 7.91. The van der Waals surface area contributed by atoms with Crippen LogP contribution in [0, 0.1) is 0 Å². The van der Waals surface area contributed by atoms with Gasteiger partial charge in [0.2, 0.25) is 0 Å². The van der Waals surface area contributed by atoms with Crippen LogP contribution in [0.15, 0.2) is 24.3 Å². The van der Waals surface area contributed by atoms with Gasteiger partial charge in [-0.25, -0.2) is 8.42 Å². The van der Waals surface area contributed by atoms with Crippen LogP contribution in [0.25, 0.3) is 0 Å². The van der Waals surface area contributed by atoms with Crippen LogP contribution in [0.2, 0.25) is 0 Å². The van der Waals surface area contributed by atoms with Gasteiger partial charge in [0.15, 0.2) is 6.61 Å². The lowest BCUT2D eigenvalue weighted by molar-refractivity contribution is -0.134. The van der Waals surface area contributed by atoms with Crippen LogP contribution >= 0.6 is 0 Å². The fourth-order valence-corrected chi connectivity index (χ4v) is 3.64. The van der Waals surface area contributed by atoms with Crippen molar-refractivity contribution >= 4 is 15.7 Å². The number of carbonyl (C=O) groups excluding carboxylic acids is 1. The fraction of sp³-hybridized carbons (Fsp3) is 0.562. The molecule has 0 radical (unpaired) electrons. The maximum atomic E-state index is 12.1. The van der Waals surface area contributed by atoms with Crippen LogP contribution in [0.3, 0.4) is 0 Å². The Morgan fingerprint density at radius 3 is 2.13 bits per heavy atom. The van der Waals surface area contributed by atoms with E-state index < -0.39 is 9.84 Å². The Bertz CT molecular complexity index is 618. The summed E-state index contributed by atoms with van der Waals surface area (Å²) in [5.74, 6) is 1.24. The van der Waals surface area contributed by atoms with Crippen LogP contribution in [-0.2, 0) is 14.6 Å². The molecule has 1 saturated heterocycles. The van der Waals surface area contributed by atoms with Gasteiger partial charge < -0.3 is 14.4 Å². The first-order chi connectivity index (χ1) is 10.9. The lowest BCUT2D eigenvalue weighted by Gasteiger charge is -2.31. The van der Waals surface area contributed by atoms with Crippen molar-refractivity contribution in [2.75, 3.05) is 32.6 Å². The standard InChI is InChI=1S/C16H23NO5S/c1-3-21-13-4-6-14(7-5-13)22-12-16(18)17-10-8-15(9-11-17)23(2,19)20/h4-7,15H,3,8-12H2,1-2H3. The average molecular weight is 341 g/mol. The molecule has 1 heterocycles. The van der Waals surface area contributed by atoms with Crippen molar-refractivity contribution in [3.63, 3.8) is 0 Å². The van der Waals surface area contributed by atoms with Crippen molar-refractivity contribution in [1.29, 1.82) is 0 Å². The smallest absolute Gasteiger partial charge is 0.260 e. The predicted molar refractivity (Wildman–Crippen MR) is 87.6 cm³/mol. The molecule has 2 rings (SSSR count). The SMILES string of the molecule is CCOc1ccc(OCC(=O)N2CCC(S(C)(=O)=O)CC2)cc1. The molecule has 6 nitrogen and oxygen atoms in total. The lowest BCUT2D eigenvalue weighted by atomic mass is 10.1. The molecule has 0 atom stereocenters. The number of piperidine rings is 1. The summed E-state index contributed by atoms with van der Waals surface area (Å²) >= 11 is 0. The summed E-state index contributed by atoms with van der Waals surface area (Å²) in [5.41, 5.74) is 0. The highest BCUT2D eigenvalue weighted by atomic mass is 32.2. The second kappa shape index (κ2) is 7.68. The Labute approximate surface area is 137 Å². The molecular weight excluding hydrogens is 318 g/mol. The summed E-state index contributed by atoms with van der Waals surface area (Å²) < 4.78 is 33.8. The van der Waals surface area contributed by atoms with Gasteiger partial charge in [0.1, 0.15) is 21.3 Å². The Kier molecular flexibility index (Phi) is 5.87. The molecule has 1 amide bonds. The summed E-state index contributed by atoms with van der Waals surface area (Å²) in [6, 6.07) is 7.10. The van der Waals surface area contributed by atoms with E-state index in [0.29, 0.717) is 38.3 Å². The zero-order chi connectivity index (χ0) is 16.9. The van der Waals surface area contributed by atoms with E-state index in [4.69, 9.17) is 9.47 Å². The first-order valence-electron chi connectivity index (χ1n) is 7.72. The molecule has 0 unspecified atom stereocenters. The van der Waals surface area contributed by atoms with Crippen molar-refractivity contribution in [2.45, 2.75) is 25.0 Å². The first kappa shape index (κ1) is 17.6. The van der Waals surface area contributed by atoms with E-state index in [-0.39, 0.29) is 17.8 Å². The van der Waals surface area contributed by atoms with Crippen molar-refractivity contribution in [3.05, 3.63) is 24.3 Å². The summed E-state index contributed by atoms with van der Waals surface area (Å²) in [6.45, 7) is 3.39. The first-order valence-corrected chi connectivity index (χ1v) is 9.68. The number of hydrogen-bond donors (Lipinski definition) is 0. The number of nitrogens with zero attached hydrogens (tertiary/aromatic N) is 1. The van der Waals surface area contributed by atoms with Crippen LogP contribution < -0.4 is 9.47 Å². The van der Waals surface area contributed by atoms with Gasteiger partial charge in [0.05, 0.1) is 11.9 Å². The normalized spacial score (nSPS) is 16.2. The van der Waals surface area contributed by atoms with Gasteiger partial charge in [-0.1, -0.05) is 0 Å². The highest BCUT2D eigenvalue weighted by Gasteiger charge is 2.28. The van der Waals surface area contributed by atoms with Crippen molar-refractivity contribution < 1.29 is 22.7 Å². The van der Waals surface area contributed by atoms with Gasteiger partial charge in [-0.2, -0.15) is 0 Å². The maximum Gasteiger partial charge on any atom is 0.260 e. The molecule has 1 aliphatic heterocycles. The van der Waals surface area contributed by atoms with Crippen molar-refractivity contribution in [3.8, 4) is 11.5 Å². The third kappa shape index (κ3) is 5.13. The number of sulfone groups is 1. The number of likely N-dealkylation sites (tertiary alicyclic amines) is 1. The quantitative estimate of drug-likeness (QED) is 0.784. The number of ether oxygens (including phenoxy) is 2. The topological polar surface area (TPSA) is 72.9 Å². The van der Waals surface area contributed by atoms with E-state index in [1.54, 1.807) is 29.2 Å². The number of hydrogen-bond acceptors (Lipinski definition) is 5. The minimum absolute atomic E-state index is 0.0441. The van der Waals surface area contributed by atoms with Gasteiger partial charge >= 0.3 is 0 Å². The van der Waals surface area contributed by atoms with Gasteiger partial charge in [-0.15, -0.1) is 0 Å². The van der Waals surface area contributed by atoms with Gasteiger partial charge in [0.25, 0.3) is 5.91 Å². The summed E-state index contributed by atoms with van der Waals surface area (Å²) in [7, 11) is -3.02. The van der Waals surface area contributed by atoms with Crippen LogP contribution in [0.1, 0.15) is 19.8 Å². The Morgan fingerprint density at radius 1 is 1.13 bits per heavy atom. The van der Waals surface area contributed by atoms with Crippen molar-refractivity contribution in [2.24, 2.45) is 0 Å². The largest absolute Gasteiger partial charge is 0.494 e. The molecule has 1 aromatic carbocycles. The van der Waals surface area contributed by atoms with E-state index in [9.17, 15) is 13.2 Å². The Balaban J connectivity index is 1.79. The Hall–Kier alpha value is -1.76. The van der Waals surface area contributed by atoms with Crippen LogP contribution in [-0.4, -0.2) is 57.0 Å². The lowest BCUT2D eigenvalue weighted by Crippen LogP contribution is -2.44. The van der Waals surface area contributed by atoms with E-state index in [1.807, 2.05) is 6.92 Å². The molecule has 0 spiro atoms. The molecule has 1 aromatic rings. The van der Waals surface area contributed by atoms with E-state index in [2.05, 4.69) is 0 Å². The van der Waals surface area contributed by atoms with Crippen LogP contribution in [0.5, 0.6) is 11.5 Å². The summed E-state index contributed by atoms with van der Waals surface area (Å²) in [6.07, 6.45) is 2.24. The molecule has 23 heavy (non-hydrogen) atoms. The van der Waals surface area contributed by atoms with Gasteiger partial charge in [-0.3, -0.25) is 4.79 Å². The number of benzene rings is 1. The number of amides is 1. The molecule has 1 aliphatic rings. The summed E-state index contributed by atoms with van der Waals surface area (Å²) in [4.78, 5) is 13.8. The number of rotatable bonds is 6. The van der Waals surface area contributed by atoms with E-state index in [1.165, 1.54) is 6.26 Å². The molecule has 1 fully saturated rings. The zero-order valence-corrected chi connectivity index (χ0v) is 14.3. The number of carbonyl (C=O) groups is 1. The second-order valence-electron chi connectivity index (χ2n) is 5.60. The highest BCUT2D eigenvalue weighted by Crippen LogP contribution is 2.19. The van der Waals surface area contributed by atoms with Crippen molar-refractivity contribution in [1.82, 2.24) is 4.90 Å². The monoisotopic (exact) mass is 341 g/mol. The summed E-state index contributed by atoms with van der Waals surface area (Å²) in [5, 5.41) is -0.335. The molecule has 0 N–H and O–H groups in total. The molecule has 0 aromatic heterocycles. The van der Waals surface area contributed by atoms with E-state index in [0.717, 1.165) is 5.75 Å². The maximum absolute atomic E-state index is 12.1. The molecular formula is C16H23NO5S. The second-order valence-corrected chi connectivity index (χ2v) is 7.93. The molecule has 0 saturated carbocycles. The van der Waals surface area contributed by atoms with Crippen LogP contribution in [0.4, 0.5) is 0 Å². The average Bonchev–Trinajstić information content (AvgIpc) is 2.53. The molecule has 0 aliphatic carbocycles. The zero-order valence-electron chi connectivity index (χ0n) is 13.5. The molecule has 0 bridgehead atoms. The Morgan fingerprint density at radius 2 is 1.65 bits per heavy atom. The minimum atomic E-state index is -3.02. The molecule has 7 heteroatoms. The third-order valence-corrected chi connectivity index (χ3v) is 5.58. The minimum Gasteiger partial charge on any atom is -0.494 e. The predicted octanol–water partition coefficient (Wildman–Crippen LogP) is 1.50. The van der Waals surface area contributed by atoms with Gasteiger partial charge in [-0.05, 0) is 44.0 Å². The van der Waals surface area contributed by atoms with E-state index >= 15 is 0 Å². The molecule has 128 valence electrons. The fourth-order valence-electron chi connectivity index (χ4n) is 2.57. The third-order valence-electron chi connectivity index (χ3n) is 3.90. The van der Waals surface area contributed by atoms with Gasteiger partial charge in [0, 0.05) is 19.3 Å².